The molecule has 0 saturated carbocycles. The second-order valence-electron chi connectivity index (χ2n) is 8.78. The van der Waals surface area contributed by atoms with Crippen LogP contribution in [0.5, 0.6) is 0 Å². The van der Waals surface area contributed by atoms with Crippen molar-refractivity contribution in [3.63, 3.8) is 0 Å². The van der Waals surface area contributed by atoms with Crippen LogP contribution in [0.2, 0.25) is 0 Å². The first-order valence-electron chi connectivity index (χ1n) is 11.4. The van der Waals surface area contributed by atoms with Gasteiger partial charge in [0.1, 0.15) is 18.1 Å². The average Bonchev–Trinajstić information content (AvgIpc) is 2.76. The molecule has 0 aromatic carbocycles. The van der Waals surface area contributed by atoms with E-state index >= 15 is 0 Å². The maximum Gasteiger partial charge on any atom is 0.326 e. The Kier molecular flexibility index (Phi) is 15.2. The second kappa shape index (κ2) is 16.3. The van der Waals surface area contributed by atoms with Gasteiger partial charge >= 0.3 is 11.9 Å². The molecule has 0 fully saturated rings. The number of nitrogens with one attached hydrogen (secondary N) is 3. The van der Waals surface area contributed by atoms with Gasteiger partial charge in [0.05, 0.1) is 6.04 Å². The zero-order chi connectivity index (χ0) is 26.4. The Hall–Kier alpha value is -2.34. The van der Waals surface area contributed by atoms with Crippen molar-refractivity contribution in [3.05, 3.63) is 0 Å². The first-order valence-corrected chi connectivity index (χ1v) is 12.8. The topological polar surface area (TPSA) is 188 Å². The fraction of sp³-hybridized carbons (Fsp3) is 0.773. The third-order valence-corrected chi connectivity index (χ3v) is 6.01. The van der Waals surface area contributed by atoms with E-state index in [-0.39, 0.29) is 24.7 Å². The molecule has 0 bridgehead atoms. The Morgan fingerprint density at radius 2 is 1.47 bits per heavy atom. The molecule has 0 spiro atoms. The Bertz CT molecular complexity index is 705. The summed E-state index contributed by atoms with van der Waals surface area (Å²) < 4.78 is 0. The number of thioether (sulfide) groups is 1. The summed E-state index contributed by atoms with van der Waals surface area (Å²) in [6.45, 7) is 7.33. The quantitative estimate of drug-likeness (QED) is 0.164. The van der Waals surface area contributed by atoms with Crippen LogP contribution in [-0.2, 0) is 24.0 Å². The number of hydrogen-bond acceptors (Lipinski definition) is 7. The lowest BCUT2D eigenvalue weighted by Crippen LogP contribution is -2.58. The van der Waals surface area contributed by atoms with Crippen molar-refractivity contribution in [1.82, 2.24) is 16.0 Å². The van der Waals surface area contributed by atoms with Gasteiger partial charge in [-0.05, 0) is 43.1 Å². The number of carboxylic acids is 2. The fourth-order valence-corrected chi connectivity index (χ4v) is 3.59. The van der Waals surface area contributed by atoms with Gasteiger partial charge in [-0.25, -0.2) is 4.79 Å². The van der Waals surface area contributed by atoms with Crippen molar-refractivity contribution in [2.24, 2.45) is 17.6 Å². The summed E-state index contributed by atoms with van der Waals surface area (Å²) in [6, 6.07) is -4.17. The van der Waals surface area contributed by atoms with Crippen LogP contribution in [0.25, 0.3) is 0 Å². The molecule has 7 N–H and O–H groups in total. The van der Waals surface area contributed by atoms with E-state index in [2.05, 4.69) is 16.0 Å². The van der Waals surface area contributed by atoms with Crippen LogP contribution < -0.4 is 21.7 Å². The van der Waals surface area contributed by atoms with E-state index in [0.717, 1.165) is 0 Å². The second-order valence-corrected chi connectivity index (χ2v) is 9.77. The molecule has 0 radical (unpaired) electrons. The summed E-state index contributed by atoms with van der Waals surface area (Å²) in [5, 5.41) is 25.8. The lowest BCUT2D eigenvalue weighted by Gasteiger charge is -2.28. The van der Waals surface area contributed by atoms with Gasteiger partial charge in [-0.3, -0.25) is 19.2 Å². The Morgan fingerprint density at radius 3 is 1.94 bits per heavy atom. The molecule has 0 aliphatic heterocycles. The van der Waals surface area contributed by atoms with Crippen LogP contribution in [0.3, 0.4) is 0 Å². The number of amides is 3. The molecular formula is C22H40N4O7S. The molecule has 0 rings (SSSR count). The molecule has 0 heterocycles. The predicted molar refractivity (Wildman–Crippen MR) is 130 cm³/mol. The predicted octanol–water partition coefficient (Wildman–Crippen LogP) is 0.563. The number of nitrogens with two attached hydrogens (primary N) is 1. The summed E-state index contributed by atoms with van der Waals surface area (Å²) in [6.07, 6.45) is 2.42. The van der Waals surface area contributed by atoms with Gasteiger partial charge in [-0.2, -0.15) is 11.8 Å². The smallest absolute Gasteiger partial charge is 0.326 e. The number of rotatable bonds is 17. The van der Waals surface area contributed by atoms with Crippen LogP contribution in [0.1, 0.15) is 59.8 Å². The first-order chi connectivity index (χ1) is 15.8. The van der Waals surface area contributed by atoms with Gasteiger partial charge < -0.3 is 31.9 Å². The minimum atomic E-state index is -1.41. The standard InChI is InChI=1S/C22H40N4O7S/c1-6-13(4)18(26-19(29)14(23)9-10-34-5)21(31)25-16(11-12(2)3)20(30)24-15(22(32)33)7-8-17(27)28/h12-16,18H,6-11,23H2,1-5H3,(H,24,30)(H,25,31)(H,26,29)(H,27,28)(H,32,33)/t13-,14-,15-,16-,18-/m0/s1. The third kappa shape index (κ3) is 12.2. The molecule has 196 valence electrons. The van der Waals surface area contributed by atoms with Crippen LogP contribution in [0.15, 0.2) is 0 Å². The monoisotopic (exact) mass is 504 g/mol. The van der Waals surface area contributed by atoms with Gasteiger partial charge in [0.25, 0.3) is 0 Å². The number of carboxylic acid groups (broad SMARTS) is 2. The zero-order valence-corrected chi connectivity index (χ0v) is 21.4. The Balaban J connectivity index is 5.51. The van der Waals surface area contributed by atoms with Crippen LogP contribution in [0, 0.1) is 11.8 Å². The molecule has 0 unspecified atom stereocenters. The normalized spacial score (nSPS) is 15.5. The Morgan fingerprint density at radius 1 is 0.882 bits per heavy atom. The molecule has 11 nitrogen and oxygen atoms in total. The number of hydrogen-bond donors (Lipinski definition) is 6. The molecule has 0 saturated heterocycles. The molecule has 0 aliphatic rings. The highest BCUT2D eigenvalue weighted by Crippen LogP contribution is 2.12. The van der Waals surface area contributed by atoms with Gasteiger partial charge in [0, 0.05) is 6.42 Å². The van der Waals surface area contributed by atoms with Crippen molar-refractivity contribution >= 4 is 41.4 Å². The Labute approximate surface area is 205 Å². The third-order valence-electron chi connectivity index (χ3n) is 5.36. The minimum absolute atomic E-state index is 0.0186. The highest BCUT2D eigenvalue weighted by Gasteiger charge is 2.32. The molecule has 3 amide bonds. The number of aliphatic carboxylic acids is 2. The van der Waals surface area contributed by atoms with E-state index in [1.54, 1.807) is 18.7 Å². The highest BCUT2D eigenvalue weighted by molar-refractivity contribution is 7.98. The van der Waals surface area contributed by atoms with Gasteiger partial charge in [0.15, 0.2) is 0 Å². The van der Waals surface area contributed by atoms with Crippen molar-refractivity contribution < 1.29 is 34.2 Å². The van der Waals surface area contributed by atoms with E-state index in [4.69, 9.17) is 10.8 Å². The van der Waals surface area contributed by atoms with E-state index in [1.165, 1.54) is 0 Å². The molecule has 0 aliphatic carbocycles. The summed E-state index contributed by atoms with van der Waals surface area (Å²) in [5.74, 6) is -3.89. The molecule has 12 heteroatoms. The zero-order valence-electron chi connectivity index (χ0n) is 20.6. The van der Waals surface area contributed by atoms with Crippen molar-refractivity contribution in [1.29, 1.82) is 0 Å². The fourth-order valence-electron chi connectivity index (χ4n) is 3.10. The van der Waals surface area contributed by atoms with Crippen molar-refractivity contribution in [2.45, 2.75) is 84.0 Å². The van der Waals surface area contributed by atoms with E-state index in [0.29, 0.717) is 18.6 Å². The van der Waals surface area contributed by atoms with E-state index < -0.39 is 60.2 Å². The minimum Gasteiger partial charge on any atom is -0.481 e. The van der Waals surface area contributed by atoms with E-state index in [9.17, 15) is 29.1 Å². The average molecular weight is 505 g/mol. The molecule has 5 atom stereocenters. The first kappa shape index (κ1) is 31.7. The van der Waals surface area contributed by atoms with Gasteiger partial charge in [0.2, 0.25) is 17.7 Å². The largest absolute Gasteiger partial charge is 0.481 e. The van der Waals surface area contributed by atoms with Crippen LogP contribution >= 0.6 is 11.8 Å². The van der Waals surface area contributed by atoms with E-state index in [1.807, 2.05) is 27.0 Å². The summed E-state index contributed by atoms with van der Waals surface area (Å²) in [7, 11) is 0. The highest BCUT2D eigenvalue weighted by atomic mass is 32.2. The van der Waals surface area contributed by atoms with Gasteiger partial charge in [-0.1, -0.05) is 34.1 Å². The van der Waals surface area contributed by atoms with Crippen LogP contribution in [-0.4, -0.2) is 76.0 Å². The van der Waals surface area contributed by atoms with Crippen LogP contribution in [0.4, 0.5) is 0 Å². The number of carbonyl (C=O) groups is 5. The lowest BCUT2D eigenvalue weighted by atomic mass is 9.96. The van der Waals surface area contributed by atoms with Crippen molar-refractivity contribution in [2.75, 3.05) is 12.0 Å². The molecule has 0 aromatic heterocycles. The summed E-state index contributed by atoms with van der Waals surface area (Å²) in [4.78, 5) is 60.7. The summed E-state index contributed by atoms with van der Waals surface area (Å²) >= 11 is 1.55. The van der Waals surface area contributed by atoms with Crippen molar-refractivity contribution in [3.8, 4) is 0 Å². The molecule has 34 heavy (non-hydrogen) atoms. The maximum absolute atomic E-state index is 13.1. The molecular weight excluding hydrogens is 464 g/mol. The SMILES string of the molecule is CC[C@H](C)[C@H](NC(=O)[C@@H](N)CCSC)C(=O)N[C@@H](CC(C)C)C(=O)N[C@@H](CCC(=O)O)C(=O)O. The maximum atomic E-state index is 13.1. The lowest BCUT2D eigenvalue weighted by molar-refractivity contribution is -0.143. The number of carbonyl (C=O) groups excluding carboxylic acids is 3. The van der Waals surface area contributed by atoms with Gasteiger partial charge in [-0.15, -0.1) is 0 Å². The summed E-state index contributed by atoms with van der Waals surface area (Å²) in [5.41, 5.74) is 5.92. The molecule has 0 aromatic rings.